The summed E-state index contributed by atoms with van der Waals surface area (Å²) in [5.41, 5.74) is 2.75. The lowest BCUT2D eigenvalue weighted by Gasteiger charge is -2.11. The summed E-state index contributed by atoms with van der Waals surface area (Å²) < 4.78 is 4.94. The molecule has 0 bridgehead atoms. The molecule has 0 aliphatic rings. The molecule has 1 aromatic carbocycles. The normalized spacial score (nSPS) is 11.8. The molecule has 2 rings (SSSR count). The number of aryl methyl sites for hydroxylation is 2. The highest BCUT2D eigenvalue weighted by atomic mass is 16.5. The second-order valence-corrected chi connectivity index (χ2v) is 6.08. The molecule has 1 aromatic heterocycles. The highest BCUT2D eigenvalue weighted by molar-refractivity contribution is 5.79. The summed E-state index contributed by atoms with van der Waals surface area (Å²) >= 11 is 0. The summed E-state index contributed by atoms with van der Waals surface area (Å²) in [6.07, 6.45) is 2.09. The van der Waals surface area contributed by atoms with Crippen molar-refractivity contribution in [2.75, 3.05) is 13.6 Å². The maximum Gasteiger partial charge on any atom is 0.223 e. The van der Waals surface area contributed by atoms with Gasteiger partial charge in [-0.3, -0.25) is 4.99 Å². The number of guanidine groups is 1. The Bertz CT molecular complexity index is 646. The third-order valence-electron chi connectivity index (χ3n) is 3.79. The van der Waals surface area contributed by atoms with Crippen LogP contribution in [0.4, 0.5) is 0 Å². The fraction of sp³-hybridized carbons (Fsp3) is 0.500. The van der Waals surface area contributed by atoms with E-state index in [4.69, 9.17) is 4.52 Å². The summed E-state index contributed by atoms with van der Waals surface area (Å²) in [5, 5.41) is 10.3. The molecule has 24 heavy (non-hydrogen) atoms. The highest BCUT2D eigenvalue weighted by Crippen LogP contribution is 2.15. The number of rotatable bonds is 7. The van der Waals surface area contributed by atoms with Crippen LogP contribution >= 0.6 is 0 Å². The Balaban J connectivity index is 1.68. The summed E-state index contributed by atoms with van der Waals surface area (Å²) in [4.78, 5) is 8.34. The SMILES string of the molecule is CN=C(NCCCc1ccc(C(C)C)cc1)NCc1noc(C)n1. The zero-order valence-electron chi connectivity index (χ0n) is 15.0. The standard InChI is InChI=1S/C18H27N5O/c1-13(2)16-9-7-15(8-10-16)6-5-11-20-18(19-4)21-12-17-22-14(3)24-23-17/h7-10,13H,5-6,11-12H2,1-4H3,(H2,19,20,21). The first-order chi connectivity index (χ1) is 11.6. The van der Waals surface area contributed by atoms with E-state index in [1.165, 1.54) is 11.1 Å². The number of hydrogen-bond acceptors (Lipinski definition) is 4. The second-order valence-electron chi connectivity index (χ2n) is 6.08. The number of benzene rings is 1. The van der Waals surface area contributed by atoms with Crippen molar-refractivity contribution in [3.63, 3.8) is 0 Å². The second kappa shape index (κ2) is 9.05. The summed E-state index contributed by atoms with van der Waals surface area (Å²) in [5.74, 6) is 2.52. The van der Waals surface area contributed by atoms with E-state index in [1.807, 2.05) is 0 Å². The van der Waals surface area contributed by atoms with E-state index in [9.17, 15) is 0 Å². The van der Waals surface area contributed by atoms with E-state index in [2.05, 4.69) is 63.9 Å². The van der Waals surface area contributed by atoms with Gasteiger partial charge < -0.3 is 15.2 Å². The van der Waals surface area contributed by atoms with Crippen molar-refractivity contribution in [3.8, 4) is 0 Å². The van der Waals surface area contributed by atoms with Gasteiger partial charge in [-0.25, -0.2) is 0 Å². The minimum absolute atomic E-state index is 0.494. The lowest BCUT2D eigenvalue weighted by Crippen LogP contribution is -2.37. The summed E-state index contributed by atoms with van der Waals surface area (Å²) in [6.45, 7) is 7.56. The fourth-order valence-corrected chi connectivity index (χ4v) is 2.37. The van der Waals surface area contributed by atoms with Crippen molar-refractivity contribution in [3.05, 3.63) is 47.1 Å². The van der Waals surface area contributed by atoms with Crippen LogP contribution in [-0.4, -0.2) is 29.7 Å². The first-order valence-electron chi connectivity index (χ1n) is 8.41. The molecule has 2 N–H and O–H groups in total. The molecule has 0 amide bonds. The van der Waals surface area contributed by atoms with Gasteiger partial charge in [0.05, 0.1) is 6.54 Å². The molecule has 0 saturated carbocycles. The fourth-order valence-electron chi connectivity index (χ4n) is 2.37. The predicted molar refractivity (Wildman–Crippen MR) is 96.1 cm³/mol. The van der Waals surface area contributed by atoms with Crippen LogP contribution in [-0.2, 0) is 13.0 Å². The van der Waals surface area contributed by atoms with Crippen LogP contribution in [0.2, 0.25) is 0 Å². The number of nitrogens with zero attached hydrogens (tertiary/aromatic N) is 3. The van der Waals surface area contributed by atoms with E-state index in [1.54, 1.807) is 14.0 Å². The first kappa shape index (κ1) is 18.0. The highest BCUT2D eigenvalue weighted by Gasteiger charge is 2.04. The van der Waals surface area contributed by atoms with E-state index in [-0.39, 0.29) is 0 Å². The zero-order valence-corrected chi connectivity index (χ0v) is 15.0. The van der Waals surface area contributed by atoms with Crippen molar-refractivity contribution in [1.82, 2.24) is 20.8 Å². The minimum atomic E-state index is 0.494. The van der Waals surface area contributed by atoms with Crippen LogP contribution in [0, 0.1) is 6.92 Å². The van der Waals surface area contributed by atoms with Crippen molar-refractivity contribution in [2.24, 2.45) is 4.99 Å². The Morgan fingerprint density at radius 1 is 1.21 bits per heavy atom. The van der Waals surface area contributed by atoms with Gasteiger partial charge in [-0.05, 0) is 29.9 Å². The summed E-state index contributed by atoms with van der Waals surface area (Å²) in [6, 6.07) is 8.89. The van der Waals surface area contributed by atoms with E-state index >= 15 is 0 Å². The average Bonchev–Trinajstić information content (AvgIpc) is 3.00. The molecule has 2 aromatic rings. The van der Waals surface area contributed by atoms with Crippen molar-refractivity contribution in [2.45, 2.75) is 46.1 Å². The van der Waals surface area contributed by atoms with Crippen LogP contribution < -0.4 is 10.6 Å². The predicted octanol–water partition coefficient (Wildman–Crippen LogP) is 2.80. The van der Waals surface area contributed by atoms with Crippen LogP contribution in [0.25, 0.3) is 0 Å². The maximum absolute atomic E-state index is 4.94. The molecular weight excluding hydrogens is 302 g/mol. The average molecular weight is 329 g/mol. The number of aromatic nitrogens is 2. The Morgan fingerprint density at radius 2 is 1.96 bits per heavy atom. The minimum Gasteiger partial charge on any atom is -0.356 e. The molecule has 6 heteroatoms. The Kier molecular flexibility index (Phi) is 6.78. The maximum atomic E-state index is 4.94. The molecule has 0 fully saturated rings. The van der Waals surface area contributed by atoms with Gasteiger partial charge in [-0.15, -0.1) is 0 Å². The monoisotopic (exact) mass is 329 g/mol. The van der Waals surface area contributed by atoms with Gasteiger partial charge in [-0.2, -0.15) is 4.98 Å². The van der Waals surface area contributed by atoms with Gasteiger partial charge in [0, 0.05) is 20.5 Å². The third kappa shape index (κ3) is 5.68. The molecule has 6 nitrogen and oxygen atoms in total. The Hall–Kier alpha value is -2.37. The molecule has 1 heterocycles. The van der Waals surface area contributed by atoms with E-state index < -0.39 is 0 Å². The molecule has 130 valence electrons. The van der Waals surface area contributed by atoms with E-state index in [0.717, 1.165) is 25.3 Å². The molecule has 0 unspecified atom stereocenters. The van der Waals surface area contributed by atoms with Gasteiger partial charge in [0.1, 0.15) is 0 Å². The van der Waals surface area contributed by atoms with Gasteiger partial charge in [0.25, 0.3) is 0 Å². The zero-order chi connectivity index (χ0) is 17.4. The third-order valence-corrected chi connectivity index (χ3v) is 3.79. The Labute approximate surface area is 143 Å². The molecular formula is C18H27N5O. The molecule has 0 aliphatic carbocycles. The Morgan fingerprint density at radius 3 is 2.54 bits per heavy atom. The van der Waals surface area contributed by atoms with Crippen LogP contribution in [0.15, 0.2) is 33.8 Å². The molecule has 0 aliphatic heterocycles. The van der Waals surface area contributed by atoms with Crippen molar-refractivity contribution in [1.29, 1.82) is 0 Å². The molecule has 0 radical (unpaired) electrons. The van der Waals surface area contributed by atoms with Crippen LogP contribution in [0.1, 0.15) is 49.0 Å². The number of aliphatic imine (C=N–C) groups is 1. The first-order valence-corrected chi connectivity index (χ1v) is 8.41. The quantitative estimate of drug-likeness (QED) is 0.464. The topological polar surface area (TPSA) is 75.3 Å². The molecule has 0 saturated heterocycles. The number of nitrogens with one attached hydrogen (secondary N) is 2. The lowest BCUT2D eigenvalue weighted by atomic mass is 10.0. The van der Waals surface area contributed by atoms with Crippen molar-refractivity contribution < 1.29 is 4.52 Å². The number of hydrogen-bond donors (Lipinski definition) is 2. The van der Waals surface area contributed by atoms with Crippen LogP contribution in [0.3, 0.4) is 0 Å². The molecule has 0 atom stereocenters. The smallest absolute Gasteiger partial charge is 0.223 e. The van der Waals surface area contributed by atoms with Gasteiger partial charge in [0.15, 0.2) is 11.8 Å². The van der Waals surface area contributed by atoms with Crippen molar-refractivity contribution >= 4 is 5.96 Å². The molecule has 0 spiro atoms. The lowest BCUT2D eigenvalue weighted by molar-refractivity contribution is 0.387. The largest absolute Gasteiger partial charge is 0.356 e. The van der Waals surface area contributed by atoms with Gasteiger partial charge >= 0.3 is 0 Å². The van der Waals surface area contributed by atoms with Gasteiger partial charge in [-0.1, -0.05) is 43.3 Å². The van der Waals surface area contributed by atoms with Crippen LogP contribution in [0.5, 0.6) is 0 Å². The van der Waals surface area contributed by atoms with Gasteiger partial charge in [0.2, 0.25) is 5.89 Å². The summed E-state index contributed by atoms with van der Waals surface area (Å²) in [7, 11) is 1.75. The van der Waals surface area contributed by atoms with E-state index in [0.29, 0.717) is 24.2 Å².